The summed E-state index contributed by atoms with van der Waals surface area (Å²) in [6.07, 6.45) is 3.80. The van der Waals surface area contributed by atoms with Gasteiger partial charge in [-0.1, -0.05) is 46.6 Å². The zero-order valence-corrected chi connectivity index (χ0v) is 17.9. The molecular formula is C23H30O5. The first-order chi connectivity index (χ1) is 13.0. The van der Waals surface area contributed by atoms with Crippen LogP contribution in [0.1, 0.15) is 60.8 Å². The minimum atomic E-state index is -0.837. The number of carbonyl (C=O) groups excluding carboxylic acids is 3. The van der Waals surface area contributed by atoms with Crippen molar-refractivity contribution < 1.29 is 23.9 Å². The molecule has 3 rings (SSSR count). The lowest BCUT2D eigenvalue weighted by Gasteiger charge is -2.51. The van der Waals surface area contributed by atoms with Crippen molar-refractivity contribution in [3.63, 3.8) is 0 Å². The molecule has 0 spiro atoms. The summed E-state index contributed by atoms with van der Waals surface area (Å²) in [5.41, 5.74) is 1.48. The largest absolute Gasteiger partial charge is 0.492 e. The Morgan fingerprint density at radius 1 is 1.14 bits per heavy atom. The molecule has 3 aliphatic carbocycles. The zero-order chi connectivity index (χ0) is 21.0. The van der Waals surface area contributed by atoms with Gasteiger partial charge in [0.25, 0.3) is 0 Å². The molecule has 0 heterocycles. The molecule has 1 fully saturated rings. The summed E-state index contributed by atoms with van der Waals surface area (Å²) in [6.45, 7) is 11.4. The summed E-state index contributed by atoms with van der Waals surface area (Å²) in [5.74, 6) is -1.01. The highest BCUT2D eigenvalue weighted by molar-refractivity contribution is 6.26. The Bertz CT molecular complexity index is 852. The Hall–Kier alpha value is -2.17. The topological polar surface area (TPSA) is 69.7 Å². The number of rotatable bonds is 3. The first-order valence-corrected chi connectivity index (χ1v) is 9.98. The third-order valence-electron chi connectivity index (χ3n) is 6.47. The average molecular weight is 386 g/mol. The minimum Gasteiger partial charge on any atom is -0.492 e. The Labute approximate surface area is 166 Å². The molecule has 0 aliphatic heterocycles. The fraction of sp³-hybridized carbons (Fsp3) is 0.609. The first kappa shape index (κ1) is 20.6. The summed E-state index contributed by atoms with van der Waals surface area (Å²) in [4.78, 5) is 38.9. The van der Waals surface area contributed by atoms with Crippen molar-refractivity contribution in [3.05, 3.63) is 34.1 Å². The summed E-state index contributed by atoms with van der Waals surface area (Å²) in [5, 5.41) is 0. The molecule has 0 unspecified atom stereocenters. The molecule has 0 bridgehead atoms. The van der Waals surface area contributed by atoms with Gasteiger partial charge in [-0.3, -0.25) is 14.4 Å². The van der Waals surface area contributed by atoms with Crippen molar-refractivity contribution in [2.45, 2.75) is 66.9 Å². The fourth-order valence-electron chi connectivity index (χ4n) is 5.34. The van der Waals surface area contributed by atoms with Crippen molar-refractivity contribution >= 4 is 17.5 Å². The van der Waals surface area contributed by atoms with Crippen LogP contribution in [0.25, 0.3) is 0 Å². The van der Waals surface area contributed by atoms with Gasteiger partial charge in [-0.2, -0.15) is 0 Å². The third-order valence-corrected chi connectivity index (χ3v) is 6.47. The SMILES string of the molecule is COC1=C(C(C)C)C(=O)C2=C(C1=O)[C@]1(C)CCCC(C)(C)C1=C[C@H]2OC(C)=O. The first-order valence-electron chi connectivity index (χ1n) is 9.98. The predicted octanol–water partition coefficient (Wildman–Crippen LogP) is 4.08. The van der Waals surface area contributed by atoms with E-state index in [9.17, 15) is 14.4 Å². The lowest BCUT2D eigenvalue weighted by Crippen LogP contribution is -2.47. The van der Waals surface area contributed by atoms with Gasteiger partial charge < -0.3 is 9.47 Å². The maximum absolute atomic E-state index is 13.6. The van der Waals surface area contributed by atoms with Crippen molar-refractivity contribution in [2.75, 3.05) is 7.11 Å². The summed E-state index contributed by atoms with van der Waals surface area (Å²) < 4.78 is 11.0. The van der Waals surface area contributed by atoms with E-state index in [1.807, 2.05) is 26.8 Å². The van der Waals surface area contributed by atoms with Gasteiger partial charge in [0.15, 0.2) is 11.5 Å². The van der Waals surface area contributed by atoms with Gasteiger partial charge in [-0.15, -0.1) is 0 Å². The van der Waals surface area contributed by atoms with Gasteiger partial charge in [-0.05, 0) is 30.3 Å². The van der Waals surface area contributed by atoms with Crippen LogP contribution in [0.2, 0.25) is 0 Å². The molecule has 0 N–H and O–H groups in total. The molecule has 5 nitrogen and oxygen atoms in total. The van der Waals surface area contributed by atoms with Crippen molar-refractivity contribution in [1.29, 1.82) is 0 Å². The van der Waals surface area contributed by atoms with Crippen molar-refractivity contribution in [1.82, 2.24) is 0 Å². The number of hydrogen-bond acceptors (Lipinski definition) is 5. The molecule has 152 valence electrons. The molecule has 5 heteroatoms. The van der Waals surface area contributed by atoms with Crippen LogP contribution < -0.4 is 0 Å². The van der Waals surface area contributed by atoms with E-state index >= 15 is 0 Å². The Balaban J connectivity index is 2.29. The molecule has 0 aromatic heterocycles. The van der Waals surface area contributed by atoms with E-state index in [-0.39, 0.29) is 28.7 Å². The maximum atomic E-state index is 13.6. The van der Waals surface area contributed by atoms with Gasteiger partial charge in [0.1, 0.15) is 6.10 Å². The highest BCUT2D eigenvalue weighted by Gasteiger charge is 2.54. The van der Waals surface area contributed by atoms with Crippen LogP contribution in [-0.2, 0) is 23.9 Å². The van der Waals surface area contributed by atoms with Crippen LogP contribution >= 0.6 is 0 Å². The Morgan fingerprint density at radius 3 is 2.32 bits per heavy atom. The van der Waals surface area contributed by atoms with Crippen LogP contribution in [0, 0.1) is 16.7 Å². The maximum Gasteiger partial charge on any atom is 0.303 e. The number of ether oxygens (including phenoxy) is 2. The highest BCUT2D eigenvalue weighted by atomic mass is 16.5. The van der Waals surface area contributed by atoms with E-state index in [2.05, 4.69) is 13.8 Å². The zero-order valence-electron chi connectivity index (χ0n) is 17.9. The summed E-state index contributed by atoms with van der Waals surface area (Å²) >= 11 is 0. The fourth-order valence-corrected chi connectivity index (χ4v) is 5.34. The van der Waals surface area contributed by atoms with Gasteiger partial charge in [0, 0.05) is 23.5 Å². The lowest BCUT2D eigenvalue weighted by atomic mass is 9.53. The van der Waals surface area contributed by atoms with Crippen molar-refractivity contribution in [3.8, 4) is 0 Å². The number of methoxy groups -OCH3 is 1. The molecule has 28 heavy (non-hydrogen) atoms. The van der Waals surface area contributed by atoms with E-state index in [0.29, 0.717) is 16.7 Å². The second kappa shape index (κ2) is 6.71. The Morgan fingerprint density at radius 2 is 1.79 bits per heavy atom. The van der Waals surface area contributed by atoms with Crippen LogP contribution in [0.15, 0.2) is 34.1 Å². The molecule has 2 atom stereocenters. The standard InChI is InChI=1S/C23H30O5/c1-12(2)16-19(25)17-14(28-13(3)24)11-15-22(4,5)9-8-10-23(15,6)18(17)20(26)21(16)27-7/h11-12,14H,8-10H2,1-7H3/t14-,23-/m1/s1. The van der Waals surface area contributed by atoms with Crippen LogP contribution in [0.5, 0.6) is 0 Å². The molecule has 0 aromatic carbocycles. The van der Waals surface area contributed by atoms with Crippen LogP contribution in [0.3, 0.4) is 0 Å². The third kappa shape index (κ3) is 2.87. The normalized spacial score (nSPS) is 29.4. The number of ketones is 2. The highest BCUT2D eigenvalue weighted by Crippen LogP contribution is 2.59. The number of hydrogen-bond donors (Lipinski definition) is 0. The number of fused-ring (bicyclic) bond motifs is 2. The molecule has 0 saturated heterocycles. The predicted molar refractivity (Wildman–Crippen MR) is 105 cm³/mol. The van der Waals surface area contributed by atoms with Crippen molar-refractivity contribution in [2.24, 2.45) is 16.7 Å². The van der Waals surface area contributed by atoms with Gasteiger partial charge in [0.05, 0.1) is 12.7 Å². The molecule has 0 radical (unpaired) electrons. The van der Waals surface area contributed by atoms with Gasteiger partial charge in [0.2, 0.25) is 5.78 Å². The summed E-state index contributed by atoms with van der Waals surface area (Å²) in [7, 11) is 1.44. The average Bonchev–Trinajstić information content (AvgIpc) is 2.56. The molecular weight excluding hydrogens is 356 g/mol. The number of carbonyl (C=O) groups is 3. The molecule has 1 saturated carbocycles. The van der Waals surface area contributed by atoms with Gasteiger partial charge >= 0.3 is 5.97 Å². The van der Waals surface area contributed by atoms with E-state index in [0.717, 1.165) is 24.8 Å². The second-order valence-corrected chi connectivity index (χ2v) is 9.23. The van der Waals surface area contributed by atoms with E-state index in [1.165, 1.54) is 14.0 Å². The number of esters is 1. The summed E-state index contributed by atoms with van der Waals surface area (Å²) in [6, 6.07) is 0. The Kier molecular flexibility index (Phi) is 4.93. The molecule has 0 aromatic rings. The van der Waals surface area contributed by atoms with Gasteiger partial charge in [-0.25, -0.2) is 0 Å². The number of Topliss-reactive ketones (excluding diaryl/α,β-unsaturated/α-hetero) is 2. The monoisotopic (exact) mass is 386 g/mol. The smallest absolute Gasteiger partial charge is 0.303 e. The lowest BCUT2D eigenvalue weighted by molar-refractivity contribution is -0.143. The molecule has 0 amide bonds. The van der Waals surface area contributed by atoms with Crippen LogP contribution in [0.4, 0.5) is 0 Å². The minimum absolute atomic E-state index is 0.131. The van der Waals surface area contributed by atoms with E-state index in [1.54, 1.807) is 0 Å². The van der Waals surface area contributed by atoms with E-state index in [4.69, 9.17) is 9.47 Å². The quantitative estimate of drug-likeness (QED) is 0.415. The van der Waals surface area contributed by atoms with E-state index < -0.39 is 17.5 Å². The second-order valence-electron chi connectivity index (χ2n) is 9.23. The number of allylic oxidation sites excluding steroid dienone is 3. The molecule has 3 aliphatic rings. The van der Waals surface area contributed by atoms with Crippen LogP contribution in [-0.4, -0.2) is 30.7 Å².